The molecule has 1 spiro atoms. The number of para-hydroxylation sites is 1. The summed E-state index contributed by atoms with van der Waals surface area (Å²) < 4.78 is 0. The number of likely N-dealkylation sites (tertiary alicyclic amines) is 1. The summed E-state index contributed by atoms with van der Waals surface area (Å²) in [6.45, 7) is 4.44. The summed E-state index contributed by atoms with van der Waals surface area (Å²) >= 11 is 0. The molecule has 116 valence electrons. The lowest BCUT2D eigenvalue weighted by Crippen LogP contribution is -2.65. The van der Waals surface area contributed by atoms with Crippen LogP contribution in [-0.2, 0) is 9.59 Å². The highest BCUT2D eigenvalue weighted by Crippen LogP contribution is 2.45. The smallest absolute Gasteiger partial charge is 0.235 e. The normalized spacial score (nSPS) is 29.4. The van der Waals surface area contributed by atoms with E-state index in [0.29, 0.717) is 11.8 Å². The minimum atomic E-state index is -0.207. The predicted molar refractivity (Wildman–Crippen MR) is 84.3 cm³/mol. The number of piperidine rings is 1. The molecule has 22 heavy (non-hydrogen) atoms. The van der Waals surface area contributed by atoms with Crippen LogP contribution in [0, 0.1) is 17.3 Å². The first kappa shape index (κ1) is 13.8. The van der Waals surface area contributed by atoms with Gasteiger partial charge in [-0.2, -0.15) is 0 Å². The van der Waals surface area contributed by atoms with Crippen LogP contribution < -0.4 is 4.90 Å². The average molecular weight is 298 g/mol. The van der Waals surface area contributed by atoms with Crippen LogP contribution in [0.25, 0.3) is 0 Å². The zero-order chi connectivity index (χ0) is 15.3. The third kappa shape index (κ3) is 2.04. The maximum atomic E-state index is 12.6. The molecule has 1 aromatic rings. The molecule has 4 heteroatoms. The van der Waals surface area contributed by atoms with E-state index >= 15 is 0 Å². The van der Waals surface area contributed by atoms with Crippen molar-refractivity contribution in [3.8, 4) is 0 Å². The van der Waals surface area contributed by atoms with Gasteiger partial charge in [-0.15, -0.1) is 0 Å². The number of benzene rings is 1. The van der Waals surface area contributed by atoms with E-state index in [0.717, 1.165) is 44.6 Å². The monoisotopic (exact) mass is 298 g/mol. The molecule has 1 aliphatic carbocycles. The molecular weight excluding hydrogens is 276 g/mol. The lowest BCUT2D eigenvalue weighted by molar-refractivity contribution is -0.144. The van der Waals surface area contributed by atoms with E-state index in [1.807, 2.05) is 40.1 Å². The highest BCUT2D eigenvalue weighted by Gasteiger charge is 2.54. The molecular formula is C18H22N2O2. The van der Waals surface area contributed by atoms with Crippen molar-refractivity contribution in [2.45, 2.75) is 26.2 Å². The Morgan fingerprint density at radius 3 is 2.36 bits per heavy atom. The molecule has 0 bridgehead atoms. The van der Waals surface area contributed by atoms with Crippen molar-refractivity contribution in [2.75, 3.05) is 24.5 Å². The molecule has 0 unspecified atom stereocenters. The van der Waals surface area contributed by atoms with Crippen LogP contribution in [0.3, 0.4) is 0 Å². The first-order valence-corrected chi connectivity index (χ1v) is 8.26. The summed E-state index contributed by atoms with van der Waals surface area (Å²) in [5.74, 6) is 1.37. The van der Waals surface area contributed by atoms with Gasteiger partial charge in [-0.3, -0.25) is 9.59 Å². The Morgan fingerprint density at radius 2 is 1.82 bits per heavy atom. The number of carbonyl (C=O) groups excluding carboxylic acids is 2. The van der Waals surface area contributed by atoms with E-state index in [1.165, 1.54) is 0 Å². The number of nitrogens with zero attached hydrogens (tertiary/aromatic N) is 2. The second-order valence-electron chi connectivity index (χ2n) is 7.15. The number of carbonyl (C=O) groups is 2. The fourth-order valence-electron chi connectivity index (χ4n) is 3.88. The molecule has 2 amide bonds. The zero-order valence-electron chi connectivity index (χ0n) is 13.0. The topological polar surface area (TPSA) is 40.6 Å². The second kappa shape index (κ2) is 4.83. The summed E-state index contributed by atoms with van der Waals surface area (Å²) in [5, 5.41) is 0. The Balaban J connectivity index is 1.38. The first-order valence-electron chi connectivity index (χ1n) is 8.26. The third-order valence-corrected chi connectivity index (χ3v) is 5.69. The number of hydrogen-bond donors (Lipinski definition) is 0. The Kier molecular flexibility index (Phi) is 3.03. The summed E-state index contributed by atoms with van der Waals surface area (Å²) in [7, 11) is 0. The van der Waals surface area contributed by atoms with E-state index < -0.39 is 0 Å². The highest BCUT2D eigenvalue weighted by molar-refractivity contribution is 6.04. The molecule has 3 fully saturated rings. The van der Waals surface area contributed by atoms with Crippen molar-refractivity contribution in [3.05, 3.63) is 30.3 Å². The van der Waals surface area contributed by atoms with Gasteiger partial charge in [-0.05, 0) is 37.3 Å². The molecule has 0 N–H and O–H groups in total. The zero-order valence-corrected chi connectivity index (χ0v) is 13.0. The van der Waals surface area contributed by atoms with Crippen molar-refractivity contribution in [1.82, 2.24) is 4.90 Å². The van der Waals surface area contributed by atoms with Crippen molar-refractivity contribution >= 4 is 17.5 Å². The quantitative estimate of drug-likeness (QED) is 0.786. The molecule has 1 aromatic carbocycles. The number of β-lactam (4-membered cyclic amide) rings is 1. The van der Waals surface area contributed by atoms with E-state index in [4.69, 9.17) is 0 Å². The molecule has 2 aliphatic heterocycles. The molecule has 4 rings (SSSR count). The molecule has 0 radical (unpaired) electrons. The molecule has 2 saturated heterocycles. The summed E-state index contributed by atoms with van der Waals surface area (Å²) in [4.78, 5) is 28.8. The van der Waals surface area contributed by atoms with Crippen LogP contribution in [0.5, 0.6) is 0 Å². The Labute approximate surface area is 131 Å². The maximum absolute atomic E-state index is 12.6. The molecule has 2 atom stereocenters. The Bertz CT molecular complexity index is 605. The van der Waals surface area contributed by atoms with Gasteiger partial charge in [-0.1, -0.05) is 25.1 Å². The van der Waals surface area contributed by atoms with Gasteiger partial charge in [0.05, 0.1) is 5.41 Å². The molecule has 3 aliphatic rings. The van der Waals surface area contributed by atoms with Gasteiger partial charge >= 0.3 is 0 Å². The van der Waals surface area contributed by atoms with Crippen LogP contribution in [0.1, 0.15) is 26.2 Å². The van der Waals surface area contributed by atoms with Crippen LogP contribution in [0.15, 0.2) is 30.3 Å². The number of rotatable bonds is 2. The SMILES string of the molecule is C[C@H]1C[C@H]1C(=O)N1CCC2(CC1)CN(c1ccccc1)C2=O. The van der Waals surface area contributed by atoms with Crippen molar-refractivity contribution in [1.29, 1.82) is 0 Å². The van der Waals surface area contributed by atoms with Crippen LogP contribution in [-0.4, -0.2) is 36.3 Å². The van der Waals surface area contributed by atoms with E-state index in [2.05, 4.69) is 6.92 Å². The molecule has 2 heterocycles. The standard InChI is InChI=1S/C18H22N2O2/c1-13-11-15(13)16(21)19-9-7-18(8-10-19)12-20(17(18)22)14-5-3-2-4-6-14/h2-6,13,15H,7-12H2,1H3/t13-,15+/m0/s1. The average Bonchev–Trinajstić information content (AvgIpc) is 3.30. The van der Waals surface area contributed by atoms with Gasteiger partial charge in [0, 0.05) is 31.2 Å². The minimum Gasteiger partial charge on any atom is -0.342 e. The second-order valence-corrected chi connectivity index (χ2v) is 7.15. The number of amides is 2. The molecule has 0 aromatic heterocycles. The fourth-order valence-corrected chi connectivity index (χ4v) is 3.88. The Hall–Kier alpha value is -1.84. The highest BCUT2D eigenvalue weighted by atomic mass is 16.2. The molecule has 1 saturated carbocycles. The lowest BCUT2D eigenvalue weighted by atomic mass is 9.70. The van der Waals surface area contributed by atoms with Gasteiger partial charge in [0.25, 0.3) is 0 Å². The summed E-state index contributed by atoms with van der Waals surface area (Å²) in [6.07, 6.45) is 2.69. The third-order valence-electron chi connectivity index (χ3n) is 5.69. The van der Waals surface area contributed by atoms with Crippen LogP contribution >= 0.6 is 0 Å². The minimum absolute atomic E-state index is 0.207. The van der Waals surface area contributed by atoms with Gasteiger partial charge in [0.2, 0.25) is 11.8 Å². The first-order chi connectivity index (χ1) is 10.6. The van der Waals surface area contributed by atoms with Crippen molar-refractivity contribution in [3.63, 3.8) is 0 Å². The van der Waals surface area contributed by atoms with Gasteiger partial charge in [-0.25, -0.2) is 0 Å². The summed E-state index contributed by atoms with van der Waals surface area (Å²) in [5.41, 5.74) is 0.783. The lowest BCUT2D eigenvalue weighted by Gasteiger charge is -2.52. The van der Waals surface area contributed by atoms with Crippen LogP contribution in [0.2, 0.25) is 0 Å². The van der Waals surface area contributed by atoms with Crippen molar-refractivity contribution < 1.29 is 9.59 Å². The maximum Gasteiger partial charge on any atom is 0.235 e. The van der Waals surface area contributed by atoms with E-state index in [9.17, 15) is 9.59 Å². The van der Waals surface area contributed by atoms with E-state index in [-0.39, 0.29) is 17.2 Å². The van der Waals surface area contributed by atoms with Gasteiger partial charge in [0.1, 0.15) is 0 Å². The number of hydrogen-bond acceptors (Lipinski definition) is 2. The van der Waals surface area contributed by atoms with Gasteiger partial charge < -0.3 is 9.80 Å². The van der Waals surface area contributed by atoms with Crippen molar-refractivity contribution in [2.24, 2.45) is 17.3 Å². The van der Waals surface area contributed by atoms with Gasteiger partial charge in [0.15, 0.2) is 0 Å². The fraction of sp³-hybridized carbons (Fsp3) is 0.556. The summed E-state index contributed by atoms with van der Waals surface area (Å²) in [6, 6.07) is 9.86. The number of anilines is 1. The molecule has 4 nitrogen and oxygen atoms in total. The largest absolute Gasteiger partial charge is 0.342 e. The van der Waals surface area contributed by atoms with Crippen LogP contribution in [0.4, 0.5) is 5.69 Å². The predicted octanol–water partition coefficient (Wildman–Crippen LogP) is 2.30. The Morgan fingerprint density at radius 1 is 1.18 bits per heavy atom. The van der Waals surface area contributed by atoms with E-state index in [1.54, 1.807) is 0 Å².